The number of aryl methyl sites for hydroxylation is 2. The summed E-state index contributed by atoms with van der Waals surface area (Å²) in [5, 5.41) is 5.60. The van der Waals surface area contributed by atoms with Crippen molar-refractivity contribution in [3.05, 3.63) is 94.5 Å². The van der Waals surface area contributed by atoms with Gasteiger partial charge in [-0.15, -0.1) is 0 Å². The number of hydrogen-bond acceptors (Lipinski definition) is 4. The maximum atomic E-state index is 14.0. The SMILES string of the molecule is CC(=O)Nc1ccc(C)cc1S(=O)(=O)N1CCc2ccccc2[C@H]1CC(=O)NCc1ccccc1C. The van der Waals surface area contributed by atoms with Crippen LogP contribution >= 0.6 is 0 Å². The highest BCUT2D eigenvalue weighted by atomic mass is 32.2. The van der Waals surface area contributed by atoms with Crippen molar-refractivity contribution in [2.75, 3.05) is 11.9 Å². The highest BCUT2D eigenvalue weighted by Gasteiger charge is 2.38. The summed E-state index contributed by atoms with van der Waals surface area (Å²) in [7, 11) is -4.03. The van der Waals surface area contributed by atoms with Crippen molar-refractivity contribution >= 4 is 27.5 Å². The van der Waals surface area contributed by atoms with E-state index in [9.17, 15) is 18.0 Å². The van der Waals surface area contributed by atoms with Crippen LogP contribution in [0, 0.1) is 13.8 Å². The van der Waals surface area contributed by atoms with E-state index in [-0.39, 0.29) is 35.4 Å². The number of amides is 2. The van der Waals surface area contributed by atoms with Crippen LogP contribution < -0.4 is 10.6 Å². The molecule has 1 heterocycles. The quantitative estimate of drug-likeness (QED) is 0.502. The molecule has 0 radical (unpaired) electrons. The maximum absolute atomic E-state index is 14.0. The minimum atomic E-state index is -4.03. The van der Waals surface area contributed by atoms with Crippen LogP contribution in [0.15, 0.2) is 71.6 Å². The Labute approximate surface area is 212 Å². The molecule has 188 valence electrons. The summed E-state index contributed by atoms with van der Waals surface area (Å²) >= 11 is 0. The second-order valence-corrected chi connectivity index (χ2v) is 11.0. The van der Waals surface area contributed by atoms with Gasteiger partial charge in [-0.05, 0) is 60.2 Å². The average molecular weight is 506 g/mol. The third-order valence-corrected chi connectivity index (χ3v) is 8.46. The molecule has 2 N–H and O–H groups in total. The van der Waals surface area contributed by atoms with Gasteiger partial charge in [0.15, 0.2) is 0 Å². The van der Waals surface area contributed by atoms with Crippen LogP contribution in [0.5, 0.6) is 0 Å². The lowest BCUT2D eigenvalue weighted by molar-refractivity contribution is -0.122. The Kier molecular flexibility index (Phi) is 7.56. The molecule has 0 unspecified atom stereocenters. The number of carbonyl (C=O) groups excluding carboxylic acids is 2. The molecular weight excluding hydrogens is 474 g/mol. The lowest BCUT2D eigenvalue weighted by Crippen LogP contribution is -2.42. The summed E-state index contributed by atoms with van der Waals surface area (Å²) in [5.41, 5.74) is 4.94. The topological polar surface area (TPSA) is 95.6 Å². The zero-order chi connectivity index (χ0) is 25.9. The van der Waals surface area contributed by atoms with Crippen molar-refractivity contribution in [1.29, 1.82) is 0 Å². The number of carbonyl (C=O) groups is 2. The zero-order valence-electron chi connectivity index (χ0n) is 20.7. The van der Waals surface area contributed by atoms with E-state index in [1.807, 2.05) is 55.5 Å². The van der Waals surface area contributed by atoms with E-state index >= 15 is 0 Å². The molecule has 1 aliphatic rings. The summed E-state index contributed by atoms with van der Waals surface area (Å²) < 4.78 is 29.4. The lowest BCUT2D eigenvalue weighted by atomic mass is 9.92. The number of benzene rings is 3. The monoisotopic (exact) mass is 505 g/mol. The average Bonchev–Trinajstić information content (AvgIpc) is 2.84. The summed E-state index contributed by atoms with van der Waals surface area (Å²) in [5.74, 6) is -0.585. The Balaban J connectivity index is 1.67. The Bertz CT molecular complexity index is 1400. The third kappa shape index (κ3) is 5.50. The van der Waals surface area contributed by atoms with Gasteiger partial charge in [0, 0.05) is 26.4 Å². The molecule has 3 aromatic rings. The first-order valence-electron chi connectivity index (χ1n) is 12.0. The first kappa shape index (κ1) is 25.6. The summed E-state index contributed by atoms with van der Waals surface area (Å²) in [6.45, 7) is 5.75. The van der Waals surface area contributed by atoms with E-state index in [1.165, 1.54) is 11.2 Å². The van der Waals surface area contributed by atoms with Crippen molar-refractivity contribution in [2.24, 2.45) is 0 Å². The predicted octanol–water partition coefficient (Wildman–Crippen LogP) is 4.26. The molecule has 8 heteroatoms. The van der Waals surface area contributed by atoms with Crippen molar-refractivity contribution in [3.8, 4) is 0 Å². The molecule has 0 fully saturated rings. The first-order valence-corrected chi connectivity index (χ1v) is 13.4. The second-order valence-electron chi connectivity index (χ2n) is 9.17. The number of rotatable bonds is 7. The normalized spacial score (nSPS) is 15.7. The molecule has 7 nitrogen and oxygen atoms in total. The number of hydrogen-bond donors (Lipinski definition) is 2. The third-order valence-electron chi connectivity index (χ3n) is 6.51. The molecule has 3 aromatic carbocycles. The van der Waals surface area contributed by atoms with Gasteiger partial charge in [-0.25, -0.2) is 8.42 Å². The van der Waals surface area contributed by atoms with Crippen LogP contribution in [-0.2, 0) is 32.6 Å². The largest absolute Gasteiger partial charge is 0.352 e. The standard InChI is InChI=1S/C28H31N3O4S/c1-19-12-13-25(30-21(3)32)27(16-19)36(34,35)31-15-14-22-9-6-7-11-24(22)26(31)17-28(33)29-18-23-10-5-4-8-20(23)2/h4-13,16,26H,14-15,17-18H2,1-3H3,(H,29,33)(H,30,32)/t26-/m1/s1. The molecule has 1 aliphatic heterocycles. The maximum Gasteiger partial charge on any atom is 0.245 e. The summed E-state index contributed by atoms with van der Waals surface area (Å²) in [6, 6.07) is 19.7. The van der Waals surface area contributed by atoms with Crippen LogP contribution in [0.3, 0.4) is 0 Å². The van der Waals surface area contributed by atoms with E-state index in [0.717, 1.165) is 27.8 Å². The van der Waals surface area contributed by atoms with Gasteiger partial charge in [-0.1, -0.05) is 54.6 Å². The van der Waals surface area contributed by atoms with Crippen LogP contribution in [0.2, 0.25) is 0 Å². The number of nitrogens with one attached hydrogen (secondary N) is 2. The van der Waals surface area contributed by atoms with E-state index in [4.69, 9.17) is 0 Å². The summed E-state index contributed by atoms with van der Waals surface area (Å²) in [4.78, 5) is 24.9. The van der Waals surface area contributed by atoms with Gasteiger partial charge in [0.25, 0.3) is 0 Å². The highest BCUT2D eigenvalue weighted by Crippen LogP contribution is 2.38. The first-order chi connectivity index (χ1) is 17.2. The van der Waals surface area contributed by atoms with Gasteiger partial charge in [0.1, 0.15) is 4.90 Å². The highest BCUT2D eigenvalue weighted by molar-refractivity contribution is 7.89. The molecule has 0 aliphatic carbocycles. The van der Waals surface area contributed by atoms with Gasteiger partial charge in [-0.3, -0.25) is 9.59 Å². The van der Waals surface area contributed by atoms with Crippen LogP contribution in [0.1, 0.15) is 47.2 Å². The number of sulfonamides is 1. The van der Waals surface area contributed by atoms with Gasteiger partial charge in [0.2, 0.25) is 21.8 Å². The van der Waals surface area contributed by atoms with E-state index < -0.39 is 16.1 Å². The Morgan fingerprint density at radius 3 is 2.47 bits per heavy atom. The van der Waals surface area contributed by atoms with Crippen LogP contribution in [0.4, 0.5) is 5.69 Å². The van der Waals surface area contributed by atoms with Crippen LogP contribution in [-0.4, -0.2) is 31.1 Å². The molecular formula is C28H31N3O4S. The fourth-order valence-corrected chi connectivity index (χ4v) is 6.48. The fourth-order valence-electron chi connectivity index (χ4n) is 4.64. The Morgan fingerprint density at radius 2 is 1.72 bits per heavy atom. The minimum absolute atomic E-state index is 0.0105. The fraction of sp³-hybridized carbons (Fsp3) is 0.286. The molecule has 1 atom stereocenters. The van der Waals surface area contributed by atoms with Crippen molar-refractivity contribution < 1.29 is 18.0 Å². The number of nitrogens with zero attached hydrogens (tertiary/aromatic N) is 1. The van der Waals surface area contributed by atoms with Gasteiger partial charge < -0.3 is 10.6 Å². The van der Waals surface area contributed by atoms with Crippen molar-refractivity contribution in [1.82, 2.24) is 9.62 Å². The van der Waals surface area contributed by atoms with Gasteiger partial charge in [-0.2, -0.15) is 4.31 Å². The van der Waals surface area contributed by atoms with E-state index in [1.54, 1.807) is 25.1 Å². The predicted molar refractivity (Wildman–Crippen MR) is 140 cm³/mol. The van der Waals surface area contributed by atoms with Gasteiger partial charge >= 0.3 is 0 Å². The number of fused-ring (bicyclic) bond motifs is 1. The molecule has 0 saturated carbocycles. The molecule has 36 heavy (non-hydrogen) atoms. The molecule has 0 saturated heterocycles. The number of anilines is 1. The minimum Gasteiger partial charge on any atom is -0.352 e. The molecule has 4 rings (SSSR count). The molecule has 0 spiro atoms. The van der Waals surface area contributed by atoms with E-state index in [0.29, 0.717) is 13.0 Å². The van der Waals surface area contributed by atoms with E-state index in [2.05, 4.69) is 10.6 Å². The Hall–Kier alpha value is -3.49. The van der Waals surface area contributed by atoms with Gasteiger partial charge in [0.05, 0.1) is 11.7 Å². The lowest BCUT2D eigenvalue weighted by Gasteiger charge is -2.36. The second kappa shape index (κ2) is 10.6. The smallest absolute Gasteiger partial charge is 0.245 e. The molecule has 2 amide bonds. The molecule has 0 aromatic heterocycles. The van der Waals surface area contributed by atoms with Crippen LogP contribution in [0.25, 0.3) is 0 Å². The Morgan fingerprint density at radius 1 is 1.00 bits per heavy atom. The zero-order valence-corrected chi connectivity index (χ0v) is 21.6. The summed E-state index contributed by atoms with van der Waals surface area (Å²) in [6.07, 6.45) is 0.529. The van der Waals surface area contributed by atoms with Crippen molar-refractivity contribution in [2.45, 2.75) is 51.1 Å². The van der Waals surface area contributed by atoms with Crippen molar-refractivity contribution in [3.63, 3.8) is 0 Å². The molecule has 0 bridgehead atoms.